The number of benzene rings is 1. The summed E-state index contributed by atoms with van der Waals surface area (Å²) < 4.78 is 5.67. The number of piperidine rings is 1. The molecule has 0 aromatic heterocycles. The second-order valence-electron chi connectivity index (χ2n) is 4.73. The van der Waals surface area contributed by atoms with Crippen LogP contribution in [0, 0.1) is 0 Å². The first-order chi connectivity index (χ1) is 8.79. The lowest BCUT2D eigenvalue weighted by Crippen LogP contribution is -2.33. The average molecular weight is 247 g/mol. The third-order valence-electron chi connectivity index (χ3n) is 3.42. The summed E-state index contributed by atoms with van der Waals surface area (Å²) >= 11 is 0. The highest BCUT2D eigenvalue weighted by atomic mass is 16.5. The van der Waals surface area contributed by atoms with Crippen LogP contribution in [0.4, 0.5) is 0 Å². The molecule has 1 aromatic rings. The Morgan fingerprint density at radius 1 is 1.28 bits per heavy atom. The van der Waals surface area contributed by atoms with Crippen LogP contribution >= 0.6 is 0 Å². The molecular weight excluding hydrogens is 226 g/mol. The normalized spacial score (nSPS) is 16.7. The van der Waals surface area contributed by atoms with Gasteiger partial charge in [0, 0.05) is 5.56 Å². The van der Waals surface area contributed by atoms with E-state index in [1.54, 1.807) is 0 Å². The number of hydrogen-bond donors (Lipinski definition) is 1. The molecule has 0 unspecified atom stereocenters. The van der Waals surface area contributed by atoms with Crippen LogP contribution in [-0.2, 0) is 11.2 Å². The molecule has 98 valence electrons. The molecule has 0 amide bonds. The van der Waals surface area contributed by atoms with Gasteiger partial charge in [0.1, 0.15) is 6.61 Å². The van der Waals surface area contributed by atoms with Crippen molar-refractivity contribution < 1.29 is 9.53 Å². The quantitative estimate of drug-likeness (QED) is 0.811. The molecule has 1 fully saturated rings. The molecule has 1 aliphatic heterocycles. The highest BCUT2D eigenvalue weighted by molar-refractivity contribution is 5.97. The lowest BCUT2D eigenvalue weighted by Gasteiger charge is -2.22. The van der Waals surface area contributed by atoms with Crippen molar-refractivity contribution in [1.82, 2.24) is 5.32 Å². The van der Waals surface area contributed by atoms with Crippen LogP contribution in [0.25, 0.3) is 0 Å². The zero-order chi connectivity index (χ0) is 12.8. The predicted octanol–water partition coefficient (Wildman–Crippen LogP) is 2.20. The summed E-state index contributed by atoms with van der Waals surface area (Å²) in [7, 11) is 0. The van der Waals surface area contributed by atoms with Crippen LogP contribution in [0.15, 0.2) is 24.3 Å². The summed E-state index contributed by atoms with van der Waals surface area (Å²) in [6.45, 7) is 4.29. The van der Waals surface area contributed by atoms with Crippen LogP contribution in [0.3, 0.4) is 0 Å². The van der Waals surface area contributed by atoms with Gasteiger partial charge in [0.15, 0.2) is 5.78 Å². The molecule has 0 radical (unpaired) electrons. The molecule has 0 aliphatic carbocycles. The molecule has 1 N–H and O–H groups in total. The van der Waals surface area contributed by atoms with E-state index in [1.807, 2.05) is 24.3 Å². The first kappa shape index (κ1) is 13.2. The van der Waals surface area contributed by atoms with Crippen molar-refractivity contribution in [2.45, 2.75) is 32.3 Å². The van der Waals surface area contributed by atoms with Crippen LogP contribution < -0.4 is 5.32 Å². The SMILES string of the molecule is CCc1ccc(C(=O)COC2CCNCC2)cc1. The molecule has 1 aromatic carbocycles. The van der Waals surface area contributed by atoms with E-state index in [0.717, 1.165) is 37.9 Å². The van der Waals surface area contributed by atoms with E-state index >= 15 is 0 Å². The fourth-order valence-corrected chi connectivity index (χ4v) is 2.17. The van der Waals surface area contributed by atoms with Crippen molar-refractivity contribution in [3.05, 3.63) is 35.4 Å². The minimum atomic E-state index is 0.0798. The smallest absolute Gasteiger partial charge is 0.188 e. The van der Waals surface area contributed by atoms with Crippen molar-refractivity contribution >= 4 is 5.78 Å². The van der Waals surface area contributed by atoms with Crippen LogP contribution in [0.1, 0.15) is 35.7 Å². The second-order valence-corrected chi connectivity index (χ2v) is 4.73. The number of rotatable bonds is 5. The monoisotopic (exact) mass is 247 g/mol. The Labute approximate surface area is 109 Å². The predicted molar refractivity (Wildman–Crippen MR) is 72.0 cm³/mol. The molecule has 0 saturated carbocycles. The number of nitrogens with one attached hydrogen (secondary N) is 1. The van der Waals surface area contributed by atoms with E-state index in [-0.39, 0.29) is 18.5 Å². The van der Waals surface area contributed by atoms with E-state index < -0.39 is 0 Å². The third-order valence-corrected chi connectivity index (χ3v) is 3.42. The summed E-state index contributed by atoms with van der Waals surface area (Å²) in [5, 5.41) is 3.28. The maximum Gasteiger partial charge on any atom is 0.188 e. The van der Waals surface area contributed by atoms with Gasteiger partial charge in [-0.3, -0.25) is 4.79 Å². The Hall–Kier alpha value is -1.19. The van der Waals surface area contributed by atoms with Crippen LogP contribution in [-0.4, -0.2) is 31.6 Å². The Kier molecular flexibility index (Phi) is 4.90. The molecular formula is C15H21NO2. The van der Waals surface area contributed by atoms with Gasteiger partial charge in [0.05, 0.1) is 6.10 Å². The van der Waals surface area contributed by atoms with Gasteiger partial charge >= 0.3 is 0 Å². The Balaban J connectivity index is 1.82. The van der Waals surface area contributed by atoms with Gasteiger partial charge in [0.25, 0.3) is 0 Å². The maximum atomic E-state index is 11.9. The molecule has 1 saturated heterocycles. The second kappa shape index (κ2) is 6.66. The van der Waals surface area contributed by atoms with Crippen molar-refractivity contribution in [3.63, 3.8) is 0 Å². The first-order valence-electron chi connectivity index (χ1n) is 6.74. The van der Waals surface area contributed by atoms with Gasteiger partial charge in [-0.05, 0) is 37.9 Å². The standard InChI is InChI=1S/C15H21NO2/c1-2-12-3-5-13(6-4-12)15(17)11-18-14-7-9-16-10-8-14/h3-6,14,16H,2,7-11H2,1H3. The highest BCUT2D eigenvalue weighted by Crippen LogP contribution is 2.10. The van der Waals surface area contributed by atoms with Crippen molar-refractivity contribution in [2.24, 2.45) is 0 Å². The van der Waals surface area contributed by atoms with Gasteiger partial charge in [0.2, 0.25) is 0 Å². The Bertz CT molecular complexity index is 380. The van der Waals surface area contributed by atoms with Crippen molar-refractivity contribution in [1.29, 1.82) is 0 Å². The third kappa shape index (κ3) is 3.65. The zero-order valence-electron chi connectivity index (χ0n) is 10.9. The summed E-state index contributed by atoms with van der Waals surface area (Å²) in [5.74, 6) is 0.0798. The summed E-state index contributed by atoms with van der Waals surface area (Å²) in [6, 6.07) is 7.81. The van der Waals surface area contributed by atoms with E-state index in [9.17, 15) is 4.79 Å². The first-order valence-corrected chi connectivity index (χ1v) is 6.74. The lowest BCUT2D eigenvalue weighted by atomic mass is 10.1. The van der Waals surface area contributed by atoms with Crippen molar-refractivity contribution in [3.8, 4) is 0 Å². The summed E-state index contributed by atoms with van der Waals surface area (Å²) in [4.78, 5) is 11.9. The average Bonchev–Trinajstić information content (AvgIpc) is 2.46. The molecule has 0 bridgehead atoms. The van der Waals surface area contributed by atoms with E-state index in [1.165, 1.54) is 5.56 Å². The maximum absolute atomic E-state index is 11.9. The van der Waals surface area contributed by atoms with E-state index in [0.29, 0.717) is 0 Å². The Morgan fingerprint density at radius 2 is 1.94 bits per heavy atom. The van der Waals surface area contributed by atoms with Gasteiger partial charge in [-0.2, -0.15) is 0 Å². The summed E-state index contributed by atoms with van der Waals surface area (Å²) in [6.07, 6.45) is 3.24. The molecule has 3 nitrogen and oxygen atoms in total. The number of ether oxygens (including phenoxy) is 1. The lowest BCUT2D eigenvalue weighted by molar-refractivity contribution is 0.0317. The van der Waals surface area contributed by atoms with E-state index in [2.05, 4.69) is 12.2 Å². The highest BCUT2D eigenvalue weighted by Gasteiger charge is 2.15. The minimum absolute atomic E-state index is 0.0798. The number of carbonyl (C=O) groups excluding carboxylic acids is 1. The van der Waals surface area contributed by atoms with E-state index in [4.69, 9.17) is 4.74 Å². The molecule has 2 rings (SSSR count). The van der Waals surface area contributed by atoms with Crippen molar-refractivity contribution in [2.75, 3.05) is 19.7 Å². The largest absolute Gasteiger partial charge is 0.370 e. The van der Waals surface area contributed by atoms with Crippen LogP contribution in [0.5, 0.6) is 0 Å². The summed E-state index contributed by atoms with van der Waals surface area (Å²) in [5.41, 5.74) is 2.01. The molecule has 1 aliphatic rings. The molecule has 1 heterocycles. The van der Waals surface area contributed by atoms with Gasteiger partial charge in [-0.25, -0.2) is 0 Å². The Morgan fingerprint density at radius 3 is 2.56 bits per heavy atom. The van der Waals surface area contributed by atoms with Gasteiger partial charge in [-0.1, -0.05) is 31.2 Å². The fraction of sp³-hybridized carbons (Fsp3) is 0.533. The number of carbonyl (C=O) groups is 1. The fourth-order valence-electron chi connectivity index (χ4n) is 2.17. The number of ketones is 1. The van der Waals surface area contributed by atoms with Crippen LogP contribution in [0.2, 0.25) is 0 Å². The molecule has 3 heteroatoms. The number of Topliss-reactive ketones (excluding diaryl/α,β-unsaturated/α-hetero) is 1. The number of hydrogen-bond acceptors (Lipinski definition) is 3. The molecule has 0 atom stereocenters. The topological polar surface area (TPSA) is 38.3 Å². The molecule has 0 spiro atoms. The minimum Gasteiger partial charge on any atom is -0.370 e. The zero-order valence-corrected chi connectivity index (χ0v) is 10.9. The number of aryl methyl sites for hydroxylation is 1. The van der Waals surface area contributed by atoms with Gasteiger partial charge < -0.3 is 10.1 Å². The van der Waals surface area contributed by atoms with Gasteiger partial charge in [-0.15, -0.1) is 0 Å². The molecule has 18 heavy (non-hydrogen) atoms.